The summed E-state index contributed by atoms with van der Waals surface area (Å²) in [5, 5.41) is 2.73. The number of nitrogens with one attached hydrogen (secondary N) is 1. The summed E-state index contributed by atoms with van der Waals surface area (Å²) in [6.45, 7) is 0. The maximum absolute atomic E-state index is 10.6. The fraction of sp³-hybridized carbons (Fsp3) is 0.300. The maximum Gasteiger partial charge on any atom is 0.200 e. The minimum atomic E-state index is -0.433. The van der Waals surface area contributed by atoms with Gasteiger partial charge in [0.2, 0.25) is 7.85 Å². The van der Waals surface area contributed by atoms with Crippen molar-refractivity contribution >= 4 is 13.7 Å². The molecule has 0 fully saturated rings. The van der Waals surface area contributed by atoms with Gasteiger partial charge in [-0.05, 0) is 24.0 Å². The smallest absolute Gasteiger partial charge is 0.200 e. The summed E-state index contributed by atoms with van der Waals surface area (Å²) in [6.07, 6.45) is 1.80. The first-order valence-corrected chi connectivity index (χ1v) is 4.38. The van der Waals surface area contributed by atoms with Crippen LogP contribution in [0.25, 0.3) is 0 Å². The van der Waals surface area contributed by atoms with Crippen LogP contribution in [0.2, 0.25) is 0 Å². The third-order valence-electron chi connectivity index (χ3n) is 2.40. The number of fused-ring (bicyclic) bond motifs is 1. The Morgan fingerprint density at radius 3 is 2.31 bits per heavy atom. The Morgan fingerprint density at radius 2 is 1.85 bits per heavy atom. The van der Waals surface area contributed by atoms with Crippen LogP contribution < -0.4 is 5.32 Å². The van der Waals surface area contributed by atoms with Gasteiger partial charge in [0, 0.05) is 6.04 Å². The molecule has 0 heterocycles. The first-order chi connectivity index (χ1) is 6.25. The molecule has 1 aliphatic carbocycles. The predicted molar refractivity (Wildman–Crippen MR) is 51.9 cm³/mol. The van der Waals surface area contributed by atoms with Crippen LogP contribution in [0.3, 0.4) is 0 Å². The zero-order valence-corrected chi connectivity index (χ0v) is 7.29. The maximum atomic E-state index is 10.6. The zero-order chi connectivity index (χ0) is 9.26. The van der Waals surface area contributed by atoms with E-state index >= 15 is 0 Å². The van der Waals surface area contributed by atoms with Gasteiger partial charge in [0.15, 0.2) is 5.81 Å². The molecule has 1 aliphatic rings. The molecule has 0 unspecified atom stereocenters. The molecule has 0 aliphatic heterocycles. The van der Waals surface area contributed by atoms with Gasteiger partial charge in [0.05, 0.1) is 0 Å². The first kappa shape index (κ1) is 8.36. The van der Waals surface area contributed by atoms with Gasteiger partial charge in [0.25, 0.3) is 0 Å². The molecule has 0 saturated heterocycles. The number of carbonyl (C=O) groups excluding carboxylic acids is 1. The largest absolute Gasteiger partial charge is 0.363 e. The van der Waals surface area contributed by atoms with E-state index in [4.69, 9.17) is 7.85 Å². The summed E-state index contributed by atoms with van der Waals surface area (Å²) in [5.41, 5.74) is 2.64. The molecule has 64 valence electrons. The van der Waals surface area contributed by atoms with Crippen molar-refractivity contribution in [2.24, 2.45) is 0 Å². The van der Waals surface area contributed by atoms with Gasteiger partial charge in [-0.3, -0.25) is 4.79 Å². The van der Waals surface area contributed by atoms with Crippen LogP contribution in [0.1, 0.15) is 11.1 Å². The second-order valence-corrected chi connectivity index (χ2v) is 3.38. The molecule has 0 bridgehead atoms. The van der Waals surface area contributed by atoms with E-state index in [0.717, 1.165) is 12.8 Å². The van der Waals surface area contributed by atoms with Crippen LogP contribution >= 0.6 is 0 Å². The highest BCUT2D eigenvalue weighted by Gasteiger charge is 2.20. The molecule has 2 radical (unpaired) electrons. The predicted octanol–water partition coefficient (Wildman–Crippen LogP) is 1.03. The Morgan fingerprint density at radius 1 is 1.31 bits per heavy atom. The van der Waals surface area contributed by atoms with Crippen molar-refractivity contribution in [1.29, 1.82) is 0 Å². The highest BCUT2D eigenvalue weighted by atomic mass is 16.1. The van der Waals surface area contributed by atoms with E-state index < -0.39 is 5.81 Å². The van der Waals surface area contributed by atoms with Gasteiger partial charge in [-0.15, -0.1) is 0 Å². The second-order valence-electron chi connectivity index (χ2n) is 3.38. The highest BCUT2D eigenvalue weighted by Crippen LogP contribution is 2.21. The lowest BCUT2D eigenvalue weighted by molar-refractivity contribution is 0.256. The van der Waals surface area contributed by atoms with Crippen LogP contribution in [0.5, 0.6) is 0 Å². The standard InChI is InChI=1S/C10H10BNO/c11-10(13)12-9-5-7-3-1-2-4-8(7)6-9/h1-4,9H,5-6H2,(H,12,13). The molecule has 1 aromatic carbocycles. The van der Waals surface area contributed by atoms with Gasteiger partial charge in [-0.2, -0.15) is 0 Å². The number of benzene rings is 1. The monoisotopic (exact) mass is 171 g/mol. The Bertz CT molecular complexity index is 312. The number of hydrogen-bond acceptors (Lipinski definition) is 1. The van der Waals surface area contributed by atoms with Gasteiger partial charge in [0.1, 0.15) is 0 Å². The zero-order valence-electron chi connectivity index (χ0n) is 7.29. The van der Waals surface area contributed by atoms with Crippen molar-refractivity contribution in [1.82, 2.24) is 5.32 Å². The van der Waals surface area contributed by atoms with Gasteiger partial charge < -0.3 is 5.32 Å². The topological polar surface area (TPSA) is 29.1 Å². The van der Waals surface area contributed by atoms with E-state index in [-0.39, 0.29) is 6.04 Å². The normalized spacial score (nSPS) is 15.4. The third-order valence-corrected chi connectivity index (χ3v) is 2.40. The van der Waals surface area contributed by atoms with Crippen LogP contribution in [0, 0.1) is 0 Å². The molecule has 3 heteroatoms. The number of amides is 1. The van der Waals surface area contributed by atoms with Crippen LogP contribution in [0.15, 0.2) is 24.3 Å². The number of rotatable bonds is 1. The number of carbonyl (C=O) groups is 1. The Balaban J connectivity index is 2.09. The molecular weight excluding hydrogens is 161 g/mol. The van der Waals surface area contributed by atoms with Gasteiger partial charge >= 0.3 is 0 Å². The van der Waals surface area contributed by atoms with Crippen LogP contribution in [-0.4, -0.2) is 19.7 Å². The average molecular weight is 171 g/mol. The van der Waals surface area contributed by atoms with Gasteiger partial charge in [-0.1, -0.05) is 24.3 Å². The van der Waals surface area contributed by atoms with E-state index in [9.17, 15) is 4.79 Å². The van der Waals surface area contributed by atoms with E-state index in [0.29, 0.717) is 0 Å². The Labute approximate surface area is 78.7 Å². The molecule has 0 spiro atoms. The molecule has 2 rings (SSSR count). The highest BCUT2D eigenvalue weighted by molar-refractivity contribution is 6.57. The van der Waals surface area contributed by atoms with Crippen molar-refractivity contribution in [3.8, 4) is 0 Å². The van der Waals surface area contributed by atoms with Crippen molar-refractivity contribution in [3.05, 3.63) is 35.4 Å². The van der Waals surface area contributed by atoms with E-state index in [1.165, 1.54) is 11.1 Å². The first-order valence-electron chi connectivity index (χ1n) is 4.38. The summed E-state index contributed by atoms with van der Waals surface area (Å²) < 4.78 is 0. The van der Waals surface area contributed by atoms with Crippen molar-refractivity contribution in [3.63, 3.8) is 0 Å². The Kier molecular flexibility index (Phi) is 2.09. The molecule has 0 atom stereocenters. The lowest BCUT2D eigenvalue weighted by Crippen LogP contribution is -2.34. The summed E-state index contributed by atoms with van der Waals surface area (Å²) in [6, 6.07) is 8.42. The van der Waals surface area contributed by atoms with Crippen molar-refractivity contribution < 1.29 is 4.79 Å². The summed E-state index contributed by atoms with van der Waals surface area (Å²) in [4.78, 5) is 10.6. The fourth-order valence-corrected chi connectivity index (χ4v) is 1.86. The Hall–Kier alpha value is -1.25. The summed E-state index contributed by atoms with van der Waals surface area (Å²) in [5.74, 6) is -0.433. The van der Waals surface area contributed by atoms with E-state index in [1.807, 2.05) is 12.1 Å². The molecule has 0 aromatic heterocycles. The molecule has 1 N–H and O–H groups in total. The van der Waals surface area contributed by atoms with Crippen molar-refractivity contribution in [2.45, 2.75) is 18.9 Å². The minimum absolute atomic E-state index is 0.190. The lowest BCUT2D eigenvalue weighted by Gasteiger charge is -2.09. The van der Waals surface area contributed by atoms with Crippen LogP contribution in [0.4, 0.5) is 4.79 Å². The molecule has 13 heavy (non-hydrogen) atoms. The third kappa shape index (κ3) is 1.74. The van der Waals surface area contributed by atoms with Crippen molar-refractivity contribution in [2.75, 3.05) is 0 Å². The second kappa shape index (κ2) is 3.25. The molecular formula is C10H10BNO. The van der Waals surface area contributed by atoms with E-state index in [1.54, 1.807) is 0 Å². The number of hydrogen-bond donors (Lipinski definition) is 1. The quantitative estimate of drug-likeness (QED) is 0.628. The molecule has 0 saturated carbocycles. The molecule has 1 amide bonds. The molecule has 1 aromatic rings. The van der Waals surface area contributed by atoms with Crippen LogP contribution in [-0.2, 0) is 12.8 Å². The minimum Gasteiger partial charge on any atom is -0.363 e. The summed E-state index contributed by atoms with van der Waals surface area (Å²) >= 11 is 0. The lowest BCUT2D eigenvalue weighted by atomic mass is 10.1. The summed E-state index contributed by atoms with van der Waals surface area (Å²) in [7, 11) is 5.06. The SMILES string of the molecule is [B]C(=O)NC1Cc2ccccc2C1. The molecule has 2 nitrogen and oxygen atoms in total. The average Bonchev–Trinajstić information content (AvgIpc) is 2.44. The van der Waals surface area contributed by atoms with E-state index in [2.05, 4.69) is 17.4 Å². The van der Waals surface area contributed by atoms with Gasteiger partial charge in [-0.25, -0.2) is 0 Å². The fourth-order valence-electron chi connectivity index (χ4n) is 1.86.